The average Bonchev–Trinajstić information content (AvgIpc) is 2.43. The molecule has 2 atom stereocenters. The minimum absolute atomic E-state index is 0.179. The van der Waals surface area contributed by atoms with Crippen LogP contribution in [-0.4, -0.2) is 34.6 Å². The first-order chi connectivity index (χ1) is 10.2. The summed E-state index contributed by atoms with van der Waals surface area (Å²) in [4.78, 5) is 14.1. The monoisotopic (exact) mass is 308 g/mol. The largest absolute Gasteiger partial charge is 0.444 e. The molecule has 0 heterocycles. The van der Waals surface area contributed by atoms with Crippen molar-refractivity contribution < 1.29 is 19.7 Å². The van der Waals surface area contributed by atoms with Crippen molar-refractivity contribution in [1.29, 1.82) is 0 Å². The first kappa shape index (κ1) is 17.8. The van der Waals surface area contributed by atoms with Gasteiger partial charge in [-0.05, 0) is 37.9 Å². The van der Waals surface area contributed by atoms with Gasteiger partial charge >= 0.3 is 6.09 Å². The Morgan fingerprint density at radius 1 is 1.45 bits per heavy atom. The van der Waals surface area contributed by atoms with Gasteiger partial charge in [0.1, 0.15) is 17.8 Å². The van der Waals surface area contributed by atoms with Crippen LogP contribution in [0.15, 0.2) is 29.4 Å². The summed E-state index contributed by atoms with van der Waals surface area (Å²) in [5, 5.41) is 25.8. The topological polar surface area (TPSA) is 128 Å². The number of nitrogens with zero attached hydrogens (tertiary/aromatic N) is 3. The second-order valence-corrected chi connectivity index (χ2v) is 5.68. The minimum Gasteiger partial charge on any atom is -0.444 e. The predicted molar refractivity (Wildman–Crippen MR) is 80.5 cm³/mol. The van der Waals surface area contributed by atoms with Gasteiger partial charge in [-0.1, -0.05) is 23.3 Å². The second-order valence-electron chi connectivity index (χ2n) is 5.68. The number of hydrogen-bond donors (Lipinski definition) is 3. The summed E-state index contributed by atoms with van der Waals surface area (Å²) >= 11 is 0. The van der Waals surface area contributed by atoms with Crippen LogP contribution >= 0.6 is 0 Å². The molecule has 22 heavy (non-hydrogen) atoms. The van der Waals surface area contributed by atoms with Crippen molar-refractivity contribution in [2.75, 3.05) is 6.54 Å². The van der Waals surface area contributed by atoms with E-state index in [0.717, 1.165) is 0 Å². The number of aliphatic hydroxyl groups is 2. The van der Waals surface area contributed by atoms with E-state index in [0.29, 0.717) is 11.3 Å². The third-order valence-electron chi connectivity index (χ3n) is 2.59. The zero-order valence-corrected chi connectivity index (χ0v) is 12.7. The number of hydrogen-bond acceptors (Lipinski definition) is 5. The van der Waals surface area contributed by atoms with Crippen molar-refractivity contribution in [1.82, 2.24) is 5.32 Å². The highest BCUT2D eigenvalue weighted by Gasteiger charge is 2.21. The molecule has 0 aliphatic carbocycles. The Labute approximate surface area is 128 Å². The molecule has 0 fully saturated rings. The molecule has 0 radical (unpaired) electrons. The highest BCUT2D eigenvalue weighted by Crippen LogP contribution is 2.22. The Morgan fingerprint density at radius 2 is 2.14 bits per heavy atom. The second kappa shape index (κ2) is 7.65. The molecule has 0 aromatic heterocycles. The van der Waals surface area contributed by atoms with Crippen molar-refractivity contribution in [2.24, 2.45) is 5.11 Å². The summed E-state index contributed by atoms with van der Waals surface area (Å²) < 4.78 is 5.03. The number of alkyl carbamates (subject to hydrolysis) is 1. The SMILES string of the molecule is CC(C)(C)OC(=O)NCC(O)C(O)c1cccc(N=[N+]=[N-])c1. The molecule has 0 bridgehead atoms. The van der Waals surface area contributed by atoms with Crippen LogP contribution < -0.4 is 5.32 Å². The molecule has 120 valence electrons. The molecule has 0 spiro atoms. The van der Waals surface area contributed by atoms with Crippen molar-refractivity contribution in [3.8, 4) is 0 Å². The van der Waals surface area contributed by atoms with Crippen LogP contribution in [0.4, 0.5) is 10.5 Å². The van der Waals surface area contributed by atoms with Crippen LogP contribution in [0.1, 0.15) is 32.4 Å². The lowest BCUT2D eigenvalue weighted by Crippen LogP contribution is -2.38. The molecule has 1 aromatic carbocycles. The van der Waals surface area contributed by atoms with E-state index in [9.17, 15) is 15.0 Å². The maximum absolute atomic E-state index is 11.5. The van der Waals surface area contributed by atoms with Crippen LogP contribution in [0, 0.1) is 0 Å². The van der Waals surface area contributed by atoms with Crippen molar-refractivity contribution in [3.05, 3.63) is 40.3 Å². The number of rotatable bonds is 5. The zero-order valence-electron chi connectivity index (χ0n) is 12.7. The highest BCUT2D eigenvalue weighted by molar-refractivity contribution is 5.67. The smallest absolute Gasteiger partial charge is 0.407 e. The lowest BCUT2D eigenvalue weighted by atomic mass is 10.0. The third kappa shape index (κ3) is 6.01. The van der Waals surface area contributed by atoms with Crippen molar-refractivity contribution in [3.63, 3.8) is 0 Å². The fraction of sp³-hybridized carbons (Fsp3) is 0.500. The van der Waals surface area contributed by atoms with Gasteiger partial charge in [-0.25, -0.2) is 4.79 Å². The Hall–Kier alpha value is -2.28. The van der Waals surface area contributed by atoms with Crippen molar-refractivity contribution >= 4 is 11.8 Å². The maximum Gasteiger partial charge on any atom is 0.407 e. The van der Waals surface area contributed by atoms with E-state index in [4.69, 9.17) is 10.3 Å². The van der Waals surface area contributed by atoms with E-state index in [-0.39, 0.29) is 6.54 Å². The van der Waals surface area contributed by atoms with E-state index in [2.05, 4.69) is 15.3 Å². The van der Waals surface area contributed by atoms with Crippen LogP contribution in [0.5, 0.6) is 0 Å². The first-order valence-electron chi connectivity index (χ1n) is 6.71. The molecular formula is C14H20N4O4. The van der Waals surface area contributed by atoms with Gasteiger partial charge in [0.25, 0.3) is 0 Å². The van der Waals surface area contributed by atoms with Crippen LogP contribution in [0.2, 0.25) is 0 Å². The third-order valence-corrected chi connectivity index (χ3v) is 2.59. The molecule has 1 rings (SSSR count). The molecule has 0 aliphatic rings. The zero-order chi connectivity index (χ0) is 16.8. The molecule has 0 aliphatic heterocycles. The van der Waals surface area contributed by atoms with Gasteiger partial charge in [-0.15, -0.1) is 0 Å². The normalized spacial score (nSPS) is 13.7. The molecule has 8 nitrogen and oxygen atoms in total. The summed E-state index contributed by atoms with van der Waals surface area (Å²) in [6.07, 6.45) is -3.14. The lowest BCUT2D eigenvalue weighted by Gasteiger charge is -2.22. The van der Waals surface area contributed by atoms with Gasteiger partial charge < -0.3 is 20.3 Å². The number of benzene rings is 1. The summed E-state index contributed by atoms with van der Waals surface area (Å²) in [6, 6.07) is 6.21. The molecule has 1 aromatic rings. The summed E-state index contributed by atoms with van der Waals surface area (Å²) in [6.45, 7) is 4.99. The van der Waals surface area contributed by atoms with Gasteiger partial charge in [0.15, 0.2) is 0 Å². The Bertz CT molecular complexity index is 564. The van der Waals surface area contributed by atoms with Crippen LogP contribution in [0.3, 0.4) is 0 Å². The van der Waals surface area contributed by atoms with E-state index in [1.165, 1.54) is 6.07 Å². The Morgan fingerprint density at radius 3 is 2.73 bits per heavy atom. The maximum atomic E-state index is 11.5. The fourth-order valence-electron chi connectivity index (χ4n) is 1.66. The Kier molecular flexibility index (Phi) is 6.18. The van der Waals surface area contributed by atoms with Gasteiger partial charge in [0, 0.05) is 17.1 Å². The number of azide groups is 1. The standard InChI is InChI=1S/C14H20N4O4/c1-14(2,3)22-13(21)16-8-11(19)12(20)9-5-4-6-10(7-9)17-18-15/h4-7,11-12,19-20H,8H2,1-3H3,(H,16,21). The number of carbonyl (C=O) groups is 1. The average molecular weight is 308 g/mol. The van der Waals surface area contributed by atoms with E-state index in [1.54, 1.807) is 39.0 Å². The van der Waals surface area contributed by atoms with Gasteiger partial charge in [0.05, 0.1) is 0 Å². The molecule has 2 unspecified atom stereocenters. The number of amides is 1. The number of aliphatic hydroxyl groups excluding tert-OH is 2. The predicted octanol–water partition coefficient (Wildman–Crippen LogP) is 2.55. The molecule has 1 amide bonds. The summed E-state index contributed by atoms with van der Waals surface area (Å²) in [5.41, 5.74) is 8.44. The molecular weight excluding hydrogens is 288 g/mol. The van der Waals surface area contributed by atoms with Gasteiger partial charge in [-0.2, -0.15) is 0 Å². The number of ether oxygens (including phenoxy) is 1. The Balaban J connectivity index is 2.61. The molecule has 0 saturated heterocycles. The fourth-order valence-corrected chi connectivity index (χ4v) is 1.66. The van der Waals surface area contributed by atoms with Gasteiger partial charge in [-0.3, -0.25) is 0 Å². The van der Waals surface area contributed by atoms with Crippen LogP contribution in [-0.2, 0) is 4.74 Å². The molecule has 8 heteroatoms. The number of carbonyl (C=O) groups excluding carboxylic acids is 1. The van der Waals surface area contributed by atoms with E-state index >= 15 is 0 Å². The van der Waals surface area contributed by atoms with E-state index in [1.807, 2.05) is 0 Å². The molecule has 3 N–H and O–H groups in total. The van der Waals surface area contributed by atoms with Crippen molar-refractivity contribution in [2.45, 2.75) is 38.6 Å². The van der Waals surface area contributed by atoms with Crippen LogP contribution in [0.25, 0.3) is 10.4 Å². The highest BCUT2D eigenvalue weighted by atomic mass is 16.6. The number of nitrogens with one attached hydrogen (secondary N) is 1. The molecule has 0 saturated carbocycles. The lowest BCUT2D eigenvalue weighted by molar-refractivity contribution is 0.0129. The minimum atomic E-state index is -1.23. The summed E-state index contributed by atoms with van der Waals surface area (Å²) in [5.74, 6) is 0. The quantitative estimate of drug-likeness (QED) is 0.438. The summed E-state index contributed by atoms with van der Waals surface area (Å²) in [7, 11) is 0. The van der Waals surface area contributed by atoms with E-state index < -0.39 is 23.9 Å². The van der Waals surface area contributed by atoms with Gasteiger partial charge in [0.2, 0.25) is 0 Å². The first-order valence-corrected chi connectivity index (χ1v) is 6.71.